The van der Waals surface area contributed by atoms with E-state index >= 15 is 0 Å². The van der Waals surface area contributed by atoms with Gasteiger partial charge in [-0.2, -0.15) is 0 Å². The van der Waals surface area contributed by atoms with Gasteiger partial charge in [0.25, 0.3) is 0 Å². The molecule has 0 aliphatic carbocycles. The average molecular weight is 301 g/mol. The van der Waals surface area contributed by atoms with Crippen LogP contribution in [0.25, 0.3) is 0 Å². The Morgan fingerprint density at radius 2 is 2.00 bits per heavy atom. The van der Waals surface area contributed by atoms with Crippen LogP contribution in [-0.2, 0) is 9.59 Å². The van der Waals surface area contributed by atoms with Crippen molar-refractivity contribution in [1.82, 2.24) is 15.1 Å². The number of carbonyl (C=O) groups is 3. The molecular formula is C13H23N3O5. The molecule has 1 heterocycles. The predicted molar refractivity (Wildman–Crippen MR) is 75.1 cm³/mol. The zero-order chi connectivity index (χ0) is 16.0. The third kappa shape index (κ3) is 5.58. The summed E-state index contributed by atoms with van der Waals surface area (Å²) in [5.41, 5.74) is 0. The van der Waals surface area contributed by atoms with Gasteiger partial charge in [0.05, 0.1) is 0 Å². The number of urea groups is 1. The summed E-state index contributed by atoms with van der Waals surface area (Å²) in [4.78, 5) is 37.4. The highest BCUT2D eigenvalue weighted by Crippen LogP contribution is 2.18. The third-order valence-electron chi connectivity index (χ3n) is 3.46. The number of hydrogen-bond donors (Lipinski definition) is 3. The molecule has 1 aliphatic rings. The van der Waals surface area contributed by atoms with E-state index in [1.165, 1.54) is 0 Å². The monoisotopic (exact) mass is 301 g/mol. The van der Waals surface area contributed by atoms with Gasteiger partial charge in [0.15, 0.2) is 0 Å². The molecule has 0 aromatic carbocycles. The van der Waals surface area contributed by atoms with Crippen LogP contribution in [0.1, 0.15) is 25.7 Å². The molecule has 120 valence electrons. The standard InChI is InChI=1S/C13H23N3O5/c1-15(2)8-9-4-3-7-16(9)13(21)14-10(12(19)20)5-6-11(17)18/h9-10H,3-8H2,1-2H3,(H,14,21)(H,17,18)(H,19,20)/t9?,10-/m0/s1. The van der Waals surface area contributed by atoms with Crippen LogP contribution in [0, 0.1) is 0 Å². The van der Waals surface area contributed by atoms with E-state index in [9.17, 15) is 14.4 Å². The first-order valence-electron chi connectivity index (χ1n) is 6.97. The maximum atomic E-state index is 12.2. The highest BCUT2D eigenvalue weighted by molar-refractivity contribution is 5.83. The summed E-state index contributed by atoms with van der Waals surface area (Å²) >= 11 is 0. The Morgan fingerprint density at radius 1 is 1.33 bits per heavy atom. The lowest BCUT2D eigenvalue weighted by Crippen LogP contribution is -2.51. The van der Waals surface area contributed by atoms with Crippen molar-refractivity contribution in [3.8, 4) is 0 Å². The molecule has 1 rings (SSSR count). The number of likely N-dealkylation sites (tertiary alicyclic amines) is 1. The lowest BCUT2D eigenvalue weighted by molar-refractivity contribution is -0.140. The van der Waals surface area contributed by atoms with Gasteiger partial charge in [0.2, 0.25) is 0 Å². The number of nitrogens with zero attached hydrogens (tertiary/aromatic N) is 2. The molecule has 0 saturated carbocycles. The maximum absolute atomic E-state index is 12.2. The number of likely N-dealkylation sites (N-methyl/N-ethyl adjacent to an activating group) is 1. The fraction of sp³-hybridized carbons (Fsp3) is 0.769. The third-order valence-corrected chi connectivity index (χ3v) is 3.46. The van der Waals surface area contributed by atoms with Crippen molar-refractivity contribution < 1.29 is 24.6 Å². The highest BCUT2D eigenvalue weighted by Gasteiger charge is 2.31. The van der Waals surface area contributed by atoms with Gasteiger partial charge in [-0.05, 0) is 33.4 Å². The summed E-state index contributed by atoms with van der Waals surface area (Å²) in [7, 11) is 3.84. The highest BCUT2D eigenvalue weighted by atomic mass is 16.4. The van der Waals surface area contributed by atoms with Gasteiger partial charge in [0.1, 0.15) is 6.04 Å². The number of aliphatic carboxylic acids is 2. The van der Waals surface area contributed by atoms with Crippen LogP contribution in [-0.4, -0.2) is 77.3 Å². The zero-order valence-corrected chi connectivity index (χ0v) is 12.4. The molecule has 1 unspecified atom stereocenters. The largest absolute Gasteiger partial charge is 0.481 e. The first-order valence-corrected chi connectivity index (χ1v) is 6.97. The van der Waals surface area contributed by atoms with Crippen LogP contribution in [0.4, 0.5) is 4.79 Å². The van der Waals surface area contributed by atoms with Gasteiger partial charge >= 0.3 is 18.0 Å². The second kappa shape index (κ2) is 7.82. The van der Waals surface area contributed by atoms with E-state index in [1.807, 2.05) is 19.0 Å². The zero-order valence-electron chi connectivity index (χ0n) is 12.4. The minimum atomic E-state index is -1.21. The Kier molecular flexibility index (Phi) is 6.41. The van der Waals surface area contributed by atoms with E-state index in [-0.39, 0.29) is 18.9 Å². The Balaban J connectivity index is 2.59. The van der Waals surface area contributed by atoms with Gasteiger partial charge < -0.3 is 25.3 Å². The van der Waals surface area contributed by atoms with Crippen LogP contribution in [0.2, 0.25) is 0 Å². The predicted octanol–water partition coefficient (Wildman–Crippen LogP) is 0.0400. The summed E-state index contributed by atoms with van der Waals surface area (Å²) in [6, 6.07) is -1.54. The summed E-state index contributed by atoms with van der Waals surface area (Å²) in [6.07, 6.45) is 1.36. The number of hydrogen-bond acceptors (Lipinski definition) is 4. The molecule has 3 N–H and O–H groups in total. The second-order valence-corrected chi connectivity index (χ2v) is 5.52. The lowest BCUT2D eigenvalue weighted by Gasteiger charge is -2.28. The molecular weight excluding hydrogens is 278 g/mol. The van der Waals surface area contributed by atoms with Crippen LogP contribution in [0.3, 0.4) is 0 Å². The van der Waals surface area contributed by atoms with Crippen LogP contribution >= 0.6 is 0 Å². The first-order chi connectivity index (χ1) is 9.81. The Labute approximate surface area is 123 Å². The second-order valence-electron chi connectivity index (χ2n) is 5.52. The normalized spacial score (nSPS) is 19.6. The van der Waals surface area contributed by atoms with Crippen molar-refractivity contribution >= 4 is 18.0 Å². The first kappa shape index (κ1) is 17.2. The molecule has 21 heavy (non-hydrogen) atoms. The fourth-order valence-electron chi connectivity index (χ4n) is 2.47. The molecule has 0 spiro atoms. The fourth-order valence-corrected chi connectivity index (χ4v) is 2.47. The molecule has 1 fully saturated rings. The maximum Gasteiger partial charge on any atom is 0.326 e. The van der Waals surface area contributed by atoms with Crippen molar-refractivity contribution in [2.75, 3.05) is 27.2 Å². The number of carboxylic acids is 2. The molecule has 1 saturated heterocycles. The smallest absolute Gasteiger partial charge is 0.326 e. The number of carbonyl (C=O) groups excluding carboxylic acids is 1. The minimum Gasteiger partial charge on any atom is -0.481 e. The van der Waals surface area contributed by atoms with E-state index in [1.54, 1.807) is 4.90 Å². The van der Waals surface area contributed by atoms with E-state index in [4.69, 9.17) is 10.2 Å². The molecule has 2 amide bonds. The van der Waals surface area contributed by atoms with Crippen LogP contribution in [0.5, 0.6) is 0 Å². The molecule has 8 nitrogen and oxygen atoms in total. The molecule has 8 heteroatoms. The quantitative estimate of drug-likeness (QED) is 0.612. The molecule has 1 aliphatic heterocycles. The van der Waals surface area contributed by atoms with Gasteiger partial charge in [-0.15, -0.1) is 0 Å². The summed E-state index contributed by atoms with van der Waals surface area (Å²) in [6.45, 7) is 1.32. The van der Waals surface area contributed by atoms with E-state index in [0.717, 1.165) is 19.4 Å². The van der Waals surface area contributed by atoms with E-state index in [2.05, 4.69) is 5.32 Å². The molecule has 0 bridgehead atoms. The Morgan fingerprint density at radius 3 is 2.52 bits per heavy atom. The van der Waals surface area contributed by atoms with Crippen molar-refractivity contribution in [3.05, 3.63) is 0 Å². The SMILES string of the molecule is CN(C)CC1CCCN1C(=O)N[C@@H](CCC(=O)O)C(=O)O. The van der Waals surface area contributed by atoms with Crippen molar-refractivity contribution in [3.63, 3.8) is 0 Å². The van der Waals surface area contributed by atoms with Gasteiger partial charge in [-0.3, -0.25) is 4.79 Å². The molecule has 0 aromatic heterocycles. The number of amides is 2. The van der Waals surface area contributed by atoms with Crippen LogP contribution in [0.15, 0.2) is 0 Å². The van der Waals surface area contributed by atoms with Gasteiger partial charge in [-0.1, -0.05) is 0 Å². The van der Waals surface area contributed by atoms with Crippen molar-refractivity contribution in [1.29, 1.82) is 0 Å². The summed E-state index contributed by atoms with van der Waals surface area (Å²) in [5, 5.41) is 20.1. The van der Waals surface area contributed by atoms with Crippen molar-refractivity contribution in [2.24, 2.45) is 0 Å². The van der Waals surface area contributed by atoms with Crippen LogP contribution < -0.4 is 5.32 Å². The Hall–Kier alpha value is -1.83. The van der Waals surface area contributed by atoms with E-state index in [0.29, 0.717) is 6.54 Å². The molecule has 0 aromatic rings. The van der Waals surface area contributed by atoms with Crippen molar-refractivity contribution in [2.45, 2.75) is 37.8 Å². The van der Waals surface area contributed by atoms with E-state index < -0.39 is 24.0 Å². The molecule has 0 radical (unpaired) electrons. The Bertz CT molecular complexity index is 399. The molecule has 2 atom stereocenters. The summed E-state index contributed by atoms with van der Waals surface area (Å²) in [5.74, 6) is -2.30. The topological polar surface area (TPSA) is 110 Å². The number of nitrogens with one attached hydrogen (secondary N) is 1. The number of rotatable bonds is 7. The lowest BCUT2D eigenvalue weighted by atomic mass is 10.1. The summed E-state index contributed by atoms with van der Waals surface area (Å²) < 4.78 is 0. The van der Waals surface area contributed by atoms with Gasteiger partial charge in [0, 0.05) is 25.6 Å². The minimum absolute atomic E-state index is 0.0638. The number of carboxylic acid groups (broad SMARTS) is 2. The van der Waals surface area contributed by atoms with Gasteiger partial charge in [-0.25, -0.2) is 9.59 Å². The average Bonchev–Trinajstić information content (AvgIpc) is 2.80.